The van der Waals surface area contributed by atoms with E-state index in [0.717, 1.165) is 32.9 Å². The van der Waals surface area contributed by atoms with Gasteiger partial charge in [-0.2, -0.15) is 0 Å². The van der Waals surface area contributed by atoms with Crippen molar-refractivity contribution in [2.75, 3.05) is 0 Å². The van der Waals surface area contributed by atoms with Crippen LogP contribution in [0.4, 0.5) is 0 Å². The number of amidine groups is 1. The first-order valence-electron chi connectivity index (χ1n) is 11.3. The van der Waals surface area contributed by atoms with Crippen LogP contribution in [0.1, 0.15) is 25.0 Å². The summed E-state index contributed by atoms with van der Waals surface area (Å²) in [5, 5.41) is 7.41. The van der Waals surface area contributed by atoms with E-state index in [9.17, 15) is 14.4 Å². The summed E-state index contributed by atoms with van der Waals surface area (Å²) in [5.74, 6) is -0.781. The molecule has 35 heavy (non-hydrogen) atoms. The number of nitrogens with two attached hydrogens (primary N) is 1. The standard InChI is InChI=1S/C26H28N6O3/c1-26(2,27)25(35)31-22(11-16-13-28-20-9-5-3-7-18(16)20)24(34)32-23(30-15-33)12-17-14-29-21-10-6-4-8-19(17)21/h3-10,13-15,22,28-29H,11-12,27H2,1-2H3,(H,31,35)(H,30,32,33,34)/t22-/m1/s1. The van der Waals surface area contributed by atoms with E-state index in [1.54, 1.807) is 13.8 Å². The van der Waals surface area contributed by atoms with Crippen molar-refractivity contribution < 1.29 is 14.4 Å². The number of aliphatic imine (C=N–C) groups is 1. The average molecular weight is 473 g/mol. The molecule has 0 aliphatic carbocycles. The Hall–Kier alpha value is -4.24. The second kappa shape index (κ2) is 9.94. The highest BCUT2D eigenvalue weighted by atomic mass is 16.2. The Labute approximate surface area is 202 Å². The van der Waals surface area contributed by atoms with E-state index in [0.29, 0.717) is 6.41 Å². The predicted molar refractivity (Wildman–Crippen MR) is 136 cm³/mol. The fraction of sp³-hybridized carbons (Fsp3) is 0.231. The van der Waals surface area contributed by atoms with Crippen LogP contribution in [0.25, 0.3) is 21.8 Å². The van der Waals surface area contributed by atoms with Crippen molar-refractivity contribution in [3.63, 3.8) is 0 Å². The number of hydrogen-bond acceptors (Lipinski definition) is 4. The van der Waals surface area contributed by atoms with Crippen LogP contribution in [0.5, 0.6) is 0 Å². The number of aromatic nitrogens is 2. The average Bonchev–Trinajstić information content (AvgIpc) is 3.42. The molecule has 0 spiro atoms. The van der Waals surface area contributed by atoms with Gasteiger partial charge in [-0.25, -0.2) is 4.99 Å². The molecule has 2 aromatic carbocycles. The number of H-pyrrole nitrogens is 2. The highest BCUT2D eigenvalue weighted by Gasteiger charge is 2.29. The maximum Gasteiger partial charge on any atom is 0.248 e. The normalized spacial score (nSPS) is 13.1. The van der Waals surface area contributed by atoms with Crippen LogP contribution in [-0.4, -0.2) is 45.6 Å². The topological polar surface area (TPSA) is 145 Å². The lowest BCUT2D eigenvalue weighted by Gasteiger charge is -2.24. The van der Waals surface area contributed by atoms with Crippen LogP contribution in [-0.2, 0) is 27.2 Å². The molecule has 0 aliphatic heterocycles. The van der Waals surface area contributed by atoms with Gasteiger partial charge < -0.3 is 26.3 Å². The van der Waals surface area contributed by atoms with E-state index >= 15 is 0 Å². The number of hydrogen-bond donors (Lipinski definition) is 5. The lowest BCUT2D eigenvalue weighted by atomic mass is 10.0. The highest BCUT2D eigenvalue weighted by Crippen LogP contribution is 2.20. The molecular weight excluding hydrogens is 444 g/mol. The summed E-state index contributed by atoms with van der Waals surface area (Å²) in [6.45, 7) is 3.14. The monoisotopic (exact) mass is 472 g/mol. The number of carbonyl (C=O) groups excluding carboxylic acids is 3. The molecule has 0 radical (unpaired) electrons. The van der Waals surface area contributed by atoms with Crippen molar-refractivity contribution >= 4 is 45.9 Å². The van der Waals surface area contributed by atoms with E-state index in [4.69, 9.17) is 5.73 Å². The summed E-state index contributed by atoms with van der Waals surface area (Å²) in [6.07, 6.45) is 4.47. The zero-order valence-corrected chi connectivity index (χ0v) is 19.6. The van der Waals surface area contributed by atoms with Crippen molar-refractivity contribution in [3.8, 4) is 0 Å². The number of carbonyl (C=O) groups is 3. The molecular formula is C26H28N6O3. The Kier molecular flexibility index (Phi) is 6.79. The molecule has 9 nitrogen and oxygen atoms in total. The van der Waals surface area contributed by atoms with Crippen molar-refractivity contribution in [2.45, 2.75) is 38.3 Å². The van der Waals surface area contributed by atoms with Gasteiger partial charge in [0.1, 0.15) is 11.9 Å². The molecule has 2 aromatic heterocycles. The van der Waals surface area contributed by atoms with Crippen molar-refractivity contribution in [3.05, 3.63) is 72.1 Å². The molecule has 0 bridgehead atoms. The Balaban J connectivity index is 1.58. The first kappa shape index (κ1) is 23.9. The number of amides is 3. The van der Waals surface area contributed by atoms with Gasteiger partial charge in [0, 0.05) is 47.0 Å². The molecule has 180 valence electrons. The van der Waals surface area contributed by atoms with E-state index < -0.39 is 23.4 Å². The van der Waals surface area contributed by atoms with Gasteiger partial charge in [-0.3, -0.25) is 14.4 Å². The van der Waals surface area contributed by atoms with Crippen LogP contribution < -0.4 is 16.4 Å². The van der Waals surface area contributed by atoms with Gasteiger partial charge in [-0.15, -0.1) is 0 Å². The number of nitrogens with zero attached hydrogens (tertiary/aromatic N) is 1. The second-order valence-corrected chi connectivity index (χ2v) is 9.02. The lowest BCUT2D eigenvalue weighted by molar-refractivity contribution is -0.130. The third-order valence-corrected chi connectivity index (χ3v) is 5.81. The van der Waals surface area contributed by atoms with Crippen LogP contribution in [0.2, 0.25) is 0 Å². The van der Waals surface area contributed by atoms with Crippen LogP contribution in [0.3, 0.4) is 0 Å². The zero-order chi connectivity index (χ0) is 25.0. The zero-order valence-electron chi connectivity index (χ0n) is 19.6. The highest BCUT2D eigenvalue weighted by molar-refractivity contribution is 6.05. The smallest absolute Gasteiger partial charge is 0.248 e. The largest absolute Gasteiger partial charge is 0.361 e. The fourth-order valence-corrected chi connectivity index (χ4v) is 3.95. The molecule has 3 amide bonds. The second-order valence-electron chi connectivity index (χ2n) is 9.02. The van der Waals surface area contributed by atoms with E-state index in [2.05, 4.69) is 25.6 Å². The van der Waals surface area contributed by atoms with Gasteiger partial charge in [0.2, 0.25) is 18.2 Å². The Morgan fingerprint density at radius 1 is 1.00 bits per heavy atom. The number of para-hydroxylation sites is 2. The number of benzene rings is 2. The minimum absolute atomic E-state index is 0.180. The molecule has 6 N–H and O–H groups in total. The van der Waals surface area contributed by atoms with E-state index in [1.165, 1.54) is 0 Å². The van der Waals surface area contributed by atoms with Gasteiger partial charge in [0.25, 0.3) is 0 Å². The number of fused-ring (bicyclic) bond motifs is 2. The number of aromatic amines is 2. The molecule has 4 aromatic rings. The molecule has 2 heterocycles. The van der Waals surface area contributed by atoms with Crippen molar-refractivity contribution in [2.24, 2.45) is 10.7 Å². The summed E-state index contributed by atoms with van der Waals surface area (Å²) in [5.41, 5.74) is 8.39. The molecule has 1 atom stereocenters. The molecule has 0 fully saturated rings. The number of rotatable bonds is 8. The third-order valence-electron chi connectivity index (χ3n) is 5.81. The van der Waals surface area contributed by atoms with E-state index in [1.807, 2.05) is 60.9 Å². The minimum Gasteiger partial charge on any atom is -0.361 e. The van der Waals surface area contributed by atoms with Gasteiger partial charge >= 0.3 is 0 Å². The van der Waals surface area contributed by atoms with Gasteiger partial charge in [0.05, 0.1) is 5.54 Å². The predicted octanol–water partition coefficient (Wildman–Crippen LogP) is 2.33. The fourth-order valence-electron chi connectivity index (χ4n) is 3.95. The minimum atomic E-state index is -1.18. The molecule has 0 aliphatic rings. The van der Waals surface area contributed by atoms with Gasteiger partial charge in [0.15, 0.2) is 0 Å². The maximum absolute atomic E-state index is 13.4. The molecule has 0 saturated heterocycles. The first-order chi connectivity index (χ1) is 16.8. The quantitative estimate of drug-likeness (QED) is 0.152. The molecule has 4 rings (SSSR count). The summed E-state index contributed by atoms with van der Waals surface area (Å²) in [4.78, 5) is 47.5. The summed E-state index contributed by atoms with van der Waals surface area (Å²) in [6, 6.07) is 14.5. The van der Waals surface area contributed by atoms with Crippen LogP contribution in [0.15, 0.2) is 65.9 Å². The van der Waals surface area contributed by atoms with Gasteiger partial charge in [-0.05, 0) is 37.1 Å². The first-order valence-corrected chi connectivity index (χ1v) is 11.3. The Morgan fingerprint density at radius 3 is 2.17 bits per heavy atom. The Bertz CT molecular complexity index is 1410. The molecule has 0 unspecified atom stereocenters. The summed E-state index contributed by atoms with van der Waals surface area (Å²) in [7, 11) is 0. The van der Waals surface area contributed by atoms with Crippen molar-refractivity contribution in [1.82, 2.24) is 20.6 Å². The van der Waals surface area contributed by atoms with E-state index in [-0.39, 0.29) is 18.7 Å². The SMILES string of the molecule is CC(C)(N)C(=O)N[C@H](Cc1c[nH]c2ccccc12)C(=O)NC(Cc1c[nH]c2ccccc12)=NC=O. The molecule has 0 saturated carbocycles. The van der Waals surface area contributed by atoms with Crippen LogP contribution >= 0.6 is 0 Å². The number of nitrogens with one attached hydrogen (secondary N) is 4. The van der Waals surface area contributed by atoms with Gasteiger partial charge in [-0.1, -0.05) is 36.4 Å². The Morgan fingerprint density at radius 2 is 1.57 bits per heavy atom. The third kappa shape index (κ3) is 5.47. The maximum atomic E-state index is 13.4. The summed E-state index contributed by atoms with van der Waals surface area (Å²) >= 11 is 0. The molecule has 9 heteroatoms. The summed E-state index contributed by atoms with van der Waals surface area (Å²) < 4.78 is 0. The lowest BCUT2D eigenvalue weighted by Crippen LogP contribution is -2.57. The van der Waals surface area contributed by atoms with Crippen LogP contribution in [0, 0.1) is 0 Å². The van der Waals surface area contributed by atoms with Crippen molar-refractivity contribution in [1.29, 1.82) is 0 Å².